The topological polar surface area (TPSA) is 104 Å². The summed E-state index contributed by atoms with van der Waals surface area (Å²) in [5.41, 5.74) is 10.3. The lowest BCUT2D eigenvalue weighted by atomic mass is 10.4. The average molecular weight is 361 g/mol. The Morgan fingerprint density at radius 1 is 1.33 bits per heavy atom. The van der Waals surface area contributed by atoms with Gasteiger partial charge in [0.25, 0.3) is 0 Å². The minimum atomic E-state index is -0.457. The average Bonchev–Trinajstić information content (AvgIpc) is 2.43. The van der Waals surface area contributed by atoms with Crippen LogP contribution in [-0.2, 0) is 16.1 Å². The van der Waals surface area contributed by atoms with Crippen LogP contribution in [0.2, 0.25) is 0 Å². The van der Waals surface area contributed by atoms with Crippen molar-refractivity contribution in [2.45, 2.75) is 19.9 Å². The zero-order valence-electron chi connectivity index (χ0n) is 12.0. The van der Waals surface area contributed by atoms with E-state index >= 15 is 0 Å². The molecule has 1 aromatic rings. The Kier molecular flexibility index (Phi) is 9.95. The molecule has 0 aliphatic heterocycles. The SMILES string of the molecule is CCC[n+]1ccc(OCC(=O)OCCN=C(N)N)cc1.[Br-]. The van der Waals surface area contributed by atoms with Crippen molar-refractivity contribution in [2.75, 3.05) is 19.8 Å². The highest BCUT2D eigenvalue weighted by Gasteiger charge is 2.05. The summed E-state index contributed by atoms with van der Waals surface area (Å²) in [6.45, 7) is 3.30. The van der Waals surface area contributed by atoms with Gasteiger partial charge in [0.05, 0.1) is 6.54 Å². The molecule has 0 aliphatic carbocycles. The highest BCUT2D eigenvalue weighted by atomic mass is 79.9. The maximum Gasteiger partial charge on any atom is 0.344 e. The van der Waals surface area contributed by atoms with Gasteiger partial charge in [-0.2, -0.15) is 0 Å². The number of esters is 1. The highest BCUT2D eigenvalue weighted by molar-refractivity contribution is 5.75. The number of aliphatic imine (C=N–C) groups is 1. The standard InChI is InChI=1S/C13H21N4O3.BrH/c1-2-6-17-7-3-11(4-8-17)20-10-12(18)19-9-5-16-13(14)15;/h3-4,7-8H,2,5-6,9-10H2,1H3,(H4,14,15,16);1H/q+1;/p-1. The summed E-state index contributed by atoms with van der Waals surface area (Å²) in [6.07, 6.45) is 4.87. The number of nitrogens with zero attached hydrogens (tertiary/aromatic N) is 2. The third-order valence-corrected chi connectivity index (χ3v) is 2.35. The van der Waals surface area contributed by atoms with Crippen LogP contribution in [0.4, 0.5) is 0 Å². The number of hydrogen-bond acceptors (Lipinski definition) is 4. The molecule has 8 heteroatoms. The number of pyridine rings is 1. The van der Waals surface area contributed by atoms with Crippen molar-refractivity contribution in [3.8, 4) is 5.75 Å². The third-order valence-electron chi connectivity index (χ3n) is 2.35. The van der Waals surface area contributed by atoms with Gasteiger partial charge >= 0.3 is 5.97 Å². The number of nitrogens with two attached hydrogens (primary N) is 2. The Morgan fingerprint density at radius 3 is 2.57 bits per heavy atom. The van der Waals surface area contributed by atoms with Crippen LogP contribution in [0.3, 0.4) is 0 Å². The Labute approximate surface area is 134 Å². The van der Waals surface area contributed by atoms with Crippen LogP contribution in [0.1, 0.15) is 13.3 Å². The molecule has 0 bridgehead atoms. The molecule has 4 N–H and O–H groups in total. The number of carbonyl (C=O) groups is 1. The summed E-state index contributed by atoms with van der Waals surface area (Å²) in [7, 11) is 0. The number of rotatable bonds is 8. The maximum atomic E-state index is 11.4. The Balaban J connectivity index is 0.00000400. The lowest BCUT2D eigenvalue weighted by Crippen LogP contribution is -3.00. The van der Waals surface area contributed by atoms with Crippen molar-refractivity contribution >= 4 is 11.9 Å². The van der Waals surface area contributed by atoms with Crippen molar-refractivity contribution in [1.29, 1.82) is 0 Å². The molecule has 0 fully saturated rings. The molecule has 1 rings (SSSR count). The molecule has 0 unspecified atom stereocenters. The number of halogens is 1. The fraction of sp³-hybridized carbons (Fsp3) is 0.462. The van der Waals surface area contributed by atoms with Crippen LogP contribution in [0, 0.1) is 0 Å². The van der Waals surface area contributed by atoms with Crippen LogP contribution >= 0.6 is 0 Å². The summed E-state index contributed by atoms with van der Waals surface area (Å²) in [4.78, 5) is 15.1. The molecule has 1 heterocycles. The van der Waals surface area contributed by atoms with Crippen molar-refractivity contribution in [2.24, 2.45) is 16.5 Å². The van der Waals surface area contributed by atoms with Crippen molar-refractivity contribution in [3.63, 3.8) is 0 Å². The van der Waals surface area contributed by atoms with E-state index in [0.29, 0.717) is 5.75 Å². The molecular formula is C13H21BrN4O3. The summed E-state index contributed by atoms with van der Waals surface area (Å²) < 4.78 is 12.2. The maximum absolute atomic E-state index is 11.4. The molecule has 0 saturated carbocycles. The monoisotopic (exact) mass is 360 g/mol. The van der Waals surface area contributed by atoms with Crippen LogP contribution in [0.15, 0.2) is 29.5 Å². The predicted octanol–water partition coefficient (Wildman–Crippen LogP) is -3.42. The van der Waals surface area contributed by atoms with Gasteiger partial charge in [0.15, 0.2) is 25.0 Å². The van der Waals surface area contributed by atoms with Gasteiger partial charge in [0, 0.05) is 18.6 Å². The van der Waals surface area contributed by atoms with Gasteiger partial charge in [-0.1, -0.05) is 6.92 Å². The number of aromatic nitrogens is 1. The van der Waals surface area contributed by atoms with Crippen molar-refractivity contribution < 1.29 is 35.8 Å². The van der Waals surface area contributed by atoms with E-state index < -0.39 is 5.97 Å². The van der Waals surface area contributed by atoms with Gasteiger partial charge in [-0.3, -0.25) is 4.99 Å². The second-order valence-corrected chi connectivity index (χ2v) is 4.09. The number of hydrogen-bond donors (Lipinski definition) is 2. The second-order valence-electron chi connectivity index (χ2n) is 4.09. The van der Waals surface area contributed by atoms with Gasteiger partial charge in [-0.25, -0.2) is 9.36 Å². The summed E-state index contributed by atoms with van der Waals surface area (Å²) >= 11 is 0. The van der Waals surface area contributed by atoms with Crippen LogP contribution in [0.25, 0.3) is 0 Å². The van der Waals surface area contributed by atoms with Crippen LogP contribution < -0.4 is 37.8 Å². The molecule has 118 valence electrons. The van der Waals surface area contributed by atoms with Gasteiger partial charge in [0.1, 0.15) is 18.9 Å². The molecule has 7 nitrogen and oxygen atoms in total. The van der Waals surface area contributed by atoms with E-state index in [1.165, 1.54) is 0 Å². The van der Waals surface area contributed by atoms with E-state index in [9.17, 15) is 4.79 Å². The Bertz CT molecular complexity index is 447. The van der Waals surface area contributed by atoms with E-state index in [1.54, 1.807) is 0 Å². The first-order valence-corrected chi connectivity index (χ1v) is 6.44. The third kappa shape index (κ3) is 8.85. The van der Waals surface area contributed by atoms with Gasteiger partial charge in [-0.15, -0.1) is 0 Å². The minimum absolute atomic E-state index is 0. The molecule has 21 heavy (non-hydrogen) atoms. The molecule has 1 aromatic heterocycles. The number of guanidine groups is 1. The molecule has 0 spiro atoms. The normalized spacial score (nSPS) is 9.38. The highest BCUT2D eigenvalue weighted by Crippen LogP contribution is 2.06. The first-order valence-electron chi connectivity index (χ1n) is 6.44. The largest absolute Gasteiger partial charge is 1.00 e. The molecule has 0 amide bonds. The lowest BCUT2D eigenvalue weighted by molar-refractivity contribution is -0.697. The first-order chi connectivity index (χ1) is 9.61. The van der Waals surface area contributed by atoms with Gasteiger partial charge < -0.3 is 37.9 Å². The fourth-order valence-electron chi connectivity index (χ4n) is 1.47. The van der Waals surface area contributed by atoms with Crippen molar-refractivity contribution in [1.82, 2.24) is 0 Å². The smallest absolute Gasteiger partial charge is 0.344 e. The lowest BCUT2D eigenvalue weighted by Gasteiger charge is -2.05. The predicted molar refractivity (Wildman–Crippen MR) is 74.1 cm³/mol. The Morgan fingerprint density at radius 2 is 2.00 bits per heavy atom. The molecule has 0 saturated heterocycles. The van der Waals surface area contributed by atoms with E-state index in [4.69, 9.17) is 20.9 Å². The number of carbonyl (C=O) groups excluding carboxylic acids is 1. The number of aryl methyl sites for hydroxylation is 1. The van der Waals surface area contributed by atoms with Gasteiger partial charge in [-0.05, 0) is 0 Å². The van der Waals surface area contributed by atoms with E-state index in [2.05, 4.69) is 11.9 Å². The zero-order chi connectivity index (χ0) is 14.8. The summed E-state index contributed by atoms with van der Waals surface area (Å²) in [5.74, 6) is 0.140. The van der Waals surface area contributed by atoms with Crippen LogP contribution in [-0.4, -0.2) is 31.7 Å². The molecular weight excluding hydrogens is 340 g/mol. The first kappa shape index (κ1) is 19.2. The molecule has 0 radical (unpaired) electrons. The van der Waals surface area contributed by atoms with E-state index in [1.807, 2.05) is 29.1 Å². The molecule has 0 aliphatic rings. The molecule has 0 aromatic carbocycles. The Hall–Kier alpha value is -1.83. The second kappa shape index (κ2) is 10.9. The van der Waals surface area contributed by atoms with Crippen molar-refractivity contribution in [3.05, 3.63) is 24.5 Å². The van der Waals surface area contributed by atoms with Gasteiger partial charge in [0.2, 0.25) is 0 Å². The number of ether oxygens (including phenoxy) is 2. The zero-order valence-corrected chi connectivity index (χ0v) is 13.6. The quantitative estimate of drug-likeness (QED) is 0.165. The summed E-state index contributed by atoms with van der Waals surface area (Å²) in [5, 5.41) is 0. The van der Waals surface area contributed by atoms with E-state index in [0.717, 1.165) is 13.0 Å². The summed E-state index contributed by atoms with van der Waals surface area (Å²) in [6, 6.07) is 3.62. The molecule has 0 atom stereocenters. The van der Waals surface area contributed by atoms with Crippen LogP contribution in [0.5, 0.6) is 5.75 Å². The minimum Gasteiger partial charge on any atom is -1.00 e. The van der Waals surface area contributed by atoms with E-state index in [-0.39, 0.29) is 42.7 Å². The fourth-order valence-corrected chi connectivity index (χ4v) is 1.47.